The van der Waals surface area contributed by atoms with Crippen molar-refractivity contribution in [3.8, 4) is 0 Å². The number of benzene rings is 2. The fraction of sp³-hybridized carbons (Fsp3) is 0.167. The highest BCUT2D eigenvalue weighted by Crippen LogP contribution is 2.16. The maximum Gasteiger partial charge on any atom is 0.365 e. The zero-order valence-electron chi connectivity index (χ0n) is 13.0. The van der Waals surface area contributed by atoms with Crippen molar-refractivity contribution in [1.82, 2.24) is 0 Å². The molecule has 0 heterocycles. The van der Waals surface area contributed by atoms with E-state index in [-0.39, 0.29) is 11.5 Å². The number of hydrogen-bond acceptors (Lipinski definition) is 5. The first-order chi connectivity index (χ1) is 11.2. The molecule has 2 rings (SSSR count). The second-order valence-corrected chi connectivity index (χ2v) is 5.57. The Balaban J connectivity index is 2.11. The van der Waals surface area contributed by atoms with Crippen LogP contribution in [0.4, 0.5) is 0 Å². The first-order valence-electron chi connectivity index (χ1n) is 7.17. The van der Waals surface area contributed by atoms with E-state index in [1.54, 1.807) is 61.2 Å². The molecule has 0 aromatic heterocycles. The van der Waals surface area contributed by atoms with E-state index in [0.717, 1.165) is 4.90 Å². The van der Waals surface area contributed by atoms with Crippen LogP contribution in [0.15, 0.2) is 64.6 Å². The molecule has 23 heavy (non-hydrogen) atoms. The van der Waals surface area contributed by atoms with E-state index >= 15 is 0 Å². The Hall–Kier alpha value is -2.40. The minimum Gasteiger partial charge on any atom is -0.312 e. The van der Waals surface area contributed by atoms with Crippen LogP contribution in [-0.4, -0.2) is 23.7 Å². The van der Waals surface area contributed by atoms with E-state index in [4.69, 9.17) is 4.84 Å². The number of hydrogen-bond donors (Lipinski definition) is 0. The molecule has 0 amide bonds. The Morgan fingerprint density at radius 3 is 2.22 bits per heavy atom. The van der Waals surface area contributed by atoms with Gasteiger partial charge in [-0.1, -0.05) is 30.3 Å². The lowest BCUT2D eigenvalue weighted by Crippen LogP contribution is -2.15. The monoisotopic (exact) mass is 327 g/mol. The van der Waals surface area contributed by atoms with Crippen molar-refractivity contribution in [1.29, 1.82) is 0 Å². The van der Waals surface area contributed by atoms with Crippen molar-refractivity contribution < 1.29 is 14.4 Å². The molecule has 0 fully saturated rings. The molecule has 5 heteroatoms. The van der Waals surface area contributed by atoms with Crippen molar-refractivity contribution >= 4 is 29.2 Å². The summed E-state index contributed by atoms with van der Waals surface area (Å²) < 4.78 is 0. The number of rotatable bonds is 6. The number of Topliss-reactive ketones (excluding diaryl/α,β-unsaturated/α-hetero) is 1. The highest BCUT2D eigenvalue weighted by Gasteiger charge is 2.14. The Morgan fingerprint density at radius 1 is 1.00 bits per heavy atom. The number of nitrogens with zero attached hydrogens (tertiary/aromatic N) is 1. The third kappa shape index (κ3) is 4.53. The highest BCUT2D eigenvalue weighted by molar-refractivity contribution is 7.98. The molecule has 0 aliphatic carbocycles. The van der Waals surface area contributed by atoms with Gasteiger partial charge < -0.3 is 4.84 Å². The summed E-state index contributed by atoms with van der Waals surface area (Å²) in [4.78, 5) is 30.2. The summed E-state index contributed by atoms with van der Waals surface area (Å²) in [6.45, 7) is 1.79. The number of carbonyl (C=O) groups excluding carboxylic acids is 2. The maximum atomic E-state index is 12.4. The van der Waals surface area contributed by atoms with E-state index in [1.165, 1.54) is 0 Å². The Bertz CT molecular complexity index is 709. The summed E-state index contributed by atoms with van der Waals surface area (Å²) in [7, 11) is 0. The molecule has 0 atom stereocenters. The Kier molecular flexibility index (Phi) is 6.11. The lowest BCUT2D eigenvalue weighted by atomic mass is 10.1. The summed E-state index contributed by atoms with van der Waals surface area (Å²) in [5, 5.41) is 3.75. The molecule has 0 aliphatic heterocycles. The number of thioether (sulfide) groups is 1. The van der Waals surface area contributed by atoms with Crippen molar-refractivity contribution in [2.24, 2.45) is 5.16 Å². The van der Waals surface area contributed by atoms with Gasteiger partial charge in [0.25, 0.3) is 0 Å². The maximum absolute atomic E-state index is 12.4. The second kappa shape index (κ2) is 8.29. The normalized spacial score (nSPS) is 11.1. The summed E-state index contributed by atoms with van der Waals surface area (Å²) in [5.41, 5.74) is 1.13. The summed E-state index contributed by atoms with van der Waals surface area (Å²) in [5.74, 6) is -0.817. The van der Waals surface area contributed by atoms with Crippen LogP contribution in [-0.2, 0) is 4.84 Å². The SMILES string of the molecule is CC/C(=N\OC(=O)c1ccccc1)C(=O)c1ccc(SC)cc1. The smallest absolute Gasteiger partial charge is 0.312 e. The van der Waals surface area contributed by atoms with Crippen LogP contribution in [0.3, 0.4) is 0 Å². The van der Waals surface area contributed by atoms with Crippen molar-refractivity contribution in [2.75, 3.05) is 6.26 Å². The number of oxime groups is 1. The minimum absolute atomic E-state index is 0.214. The van der Waals surface area contributed by atoms with E-state index in [0.29, 0.717) is 17.5 Å². The fourth-order valence-electron chi connectivity index (χ4n) is 1.90. The van der Waals surface area contributed by atoms with Crippen molar-refractivity contribution in [3.63, 3.8) is 0 Å². The molecule has 0 spiro atoms. The van der Waals surface area contributed by atoms with Crippen LogP contribution in [0.2, 0.25) is 0 Å². The van der Waals surface area contributed by atoms with Crippen LogP contribution in [0.5, 0.6) is 0 Å². The molecular weight excluding hydrogens is 310 g/mol. The van der Waals surface area contributed by atoms with Gasteiger partial charge in [0.2, 0.25) is 5.78 Å². The Morgan fingerprint density at radius 2 is 1.65 bits per heavy atom. The second-order valence-electron chi connectivity index (χ2n) is 4.69. The third-order valence-electron chi connectivity index (χ3n) is 3.20. The van der Waals surface area contributed by atoms with Gasteiger partial charge in [-0.25, -0.2) is 4.79 Å². The number of ketones is 1. The lowest BCUT2D eigenvalue weighted by molar-refractivity contribution is 0.0515. The van der Waals surface area contributed by atoms with Crippen LogP contribution in [0.25, 0.3) is 0 Å². The molecule has 0 bridgehead atoms. The van der Waals surface area contributed by atoms with Crippen LogP contribution in [0.1, 0.15) is 34.1 Å². The molecule has 118 valence electrons. The van der Waals surface area contributed by atoms with E-state index in [2.05, 4.69) is 5.16 Å². The van der Waals surface area contributed by atoms with Gasteiger partial charge in [-0.15, -0.1) is 11.8 Å². The molecule has 2 aromatic carbocycles. The van der Waals surface area contributed by atoms with Gasteiger partial charge in [0, 0.05) is 10.5 Å². The molecule has 0 aliphatic rings. The molecule has 4 nitrogen and oxygen atoms in total. The number of carbonyl (C=O) groups is 2. The topological polar surface area (TPSA) is 55.7 Å². The third-order valence-corrected chi connectivity index (χ3v) is 3.94. The fourth-order valence-corrected chi connectivity index (χ4v) is 2.31. The largest absolute Gasteiger partial charge is 0.365 e. The molecule has 0 saturated heterocycles. The van der Waals surface area contributed by atoms with Crippen molar-refractivity contribution in [3.05, 3.63) is 65.7 Å². The summed E-state index contributed by atoms with van der Waals surface area (Å²) in [6.07, 6.45) is 2.35. The molecule has 2 aromatic rings. The zero-order chi connectivity index (χ0) is 16.7. The highest BCUT2D eigenvalue weighted by atomic mass is 32.2. The van der Waals surface area contributed by atoms with Gasteiger partial charge in [-0.2, -0.15) is 0 Å². The average Bonchev–Trinajstić information content (AvgIpc) is 2.62. The minimum atomic E-state index is -0.581. The summed E-state index contributed by atoms with van der Waals surface area (Å²) >= 11 is 1.60. The van der Waals surface area contributed by atoms with Gasteiger partial charge in [0.05, 0.1) is 5.56 Å². The van der Waals surface area contributed by atoms with Gasteiger partial charge in [-0.3, -0.25) is 4.79 Å². The van der Waals surface area contributed by atoms with Gasteiger partial charge >= 0.3 is 5.97 Å². The standard InChI is InChI=1S/C18H17NO3S/c1-3-16(17(20)13-9-11-15(23-2)12-10-13)19-22-18(21)14-7-5-4-6-8-14/h4-12H,3H2,1-2H3/b19-16+. The molecule has 0 radical (unpaired) electrons. The van der Waals surface area contributed by atoms with Gasteiger partial charge in [-0.05, 0) is 49.1 Å². The quantitative estimate of drug-likeness (QED) is 0.262. The predicted molar refractivity (Wildman–Crippen MR) is 92.1 cm³/mol. The van der Waals surface area contributed by atoms with E-state index in [1.807, 2.05) is 18.4 Å². The molecule has 0 unspecified atom stereocenters. The van der Waals surface area contributed by atoms with Crippen LogP contribution in [0, 0.1) is 0 Å². The molecule has 0 N–H and O–H groups in total. The van der Waals surface area contributed by atoms with E-state index in [9.17, 15) is 9.59 Å². The molecular formula is C18H17NO3S. The first-order valence-corrected chi connectivity index (χ1v) is 8.40. The van der Waals surface area contributed by atoms with Crippen LogP contribution < -0.4 is 0 Å². The zero-order valence-corrected chi connectivity index (χ0v) is 13.8. The predicted octanol–water partition coefficient (Wildman–Crippen LogP) is 4.21. The van der Waals surface area contributed by atoms with Gasteiger partial charge in [0.15, 0.2) is 0 Å². The van der Waals surface area contributed by atoms with Crippen molar-refractivity contribution in [2.45, 2.75) is 18.2 Å². The van der Waals surface area contributed by atoms with Crippen LogP contribution >= 0.6 is 11.8 Å². The van der Waals surface area contributed by atoms with Gasteiger partial charge in [0.1, 0.15) is 5.71 Å². The molecule has 0 saturated carbocycles. The Labute approximate surface area is 139 Å². The average molecular weight is 327 g/mol. The first kappa shape index (κ1) is 17.0. The summed E-state index contributed by atoms with van der Waals surface area (Å²) in [6, 6.07) is 15.8. The lowest BCUT2D eigenvalue weighted by Gasteiger charge is -2.04. The van der Waals surface area contributed by atoms with E-state index < -0.39 is 5.97 Å².